The quantitative estimate of drug-likeness (QED) is 0.0494. The number of rotatable bonds is 13. The lowest BCUT2D eigenvalue weighted by Crippen LogP contribution is -2.61. The summed E-state index contributed by atoms with van der Waals surface area (Å²) in [6.45, 7) is 18.1. The number of pyridine rings is 2. The van der Waals surface area contributed by atoms with Crippen LogP contribution in [0.25, 0.3) is 0 Å². The van der Waals surface area contributed by atoms with Gasteiger partial charge < -0.3 is 44.7 Å². The molecule has 2 aromatic carbocycles. The first-order valence-corrected chi connectivity index (χ1v) is 29.1. The predicted molar refractivity (Wildman–Crippen MR) is 311 cm³/mol. The molecule has 2 aliphatic carbocycles. The summed E-state index contributed by atoms with van der Waals surface area (Å²) in [5.41, 5.74) is 7.59. The lowest BCUT2D eigenvalue weighted by atomic mass is 9.94. The van der Waals surface area contributed by atoms with E-state index in [1.807, 2.05) is 69.3 Å². The van der Waals surface area contributed by atoms with Crippen LogP contribution in [-0.2, 0) is 63.8 Å². The number of ether oxygens (including phenoxy) is 4. The first-order chi connectivity index (χ1) is 38.5. The Kier molecular flexibility index (Phi) is 24.0. The number of carbonyl (C=O) groups excluding carboxylic acids is 6. The van der Waals surface area contributed by atoms with Gasteiger partial charge in [0.15, 0.2) is 0 Å². The molecule has 21 heteroatoms. The molecule has 0 saturated carbocycles. The Labute approximate surface area is 491 Å². The van der Waals surface area contributed by atoms with Crippen molar-refractivity contribution in [3.05, 3.63) is 128 Å². The monoisotopic (exact) mass is 1180 g/mol. The number of halogens is 3. The topological polar surface area (TPSA) is 211 Å². The minimum Gasteiger partial charge on any atom is -0.466 e. The highest BCUT2D eigenvalue weighted by atomic mass is 35.5. The Bertz CT molecular complexity index is 2810. The Morgan fingerprint density at radius 2 is 1.12 bits per heavy atom. The third-order valence-electron chi connectivity index (χ3n) is 13.6. The normalized spacial score (nSPS) is 18.6. The Morgan fingerprint density at radius 1 is 0.630 bits per heavy atom. The zero-order valence-electron chi connectivity index (χ0n) is 47.9. The number of nitrogens with zero attached hydrogens (tertiary/aromatic N) is 5. The molecule has 2 aromatic heterocycles. The van der Waals surface area contributed by atoms with E-state index in [0.717, 1.165) is 64.3 Å². The summed E-state index contributed by atoms with van der Waals surface area (Å²) < 4.78 is 20.8. The van der Waals surface area contributed by atoms with Gasteiger partial charge in [-0.05, 0) is 164 Å². The molecule has 8 rings (SSSR count). The van der Waals surface area contributed by atoms with E-state index >= 15 is 0 Å². The van der Waals surface area contributed by atoms with Crippen molar-refractivity contribution in [3.63, 3.8) is 0 Å². The van der Waals surface area contributed by atoms with Gasteiger partial charge in [-0.25, -0.2) is 9.59 Å². The molecule has 4 atom stereocenters. The minimum atomic E-state index is -0.662. The number of benzene rings is 2. The molecule has 2 aliphatic heterocycles. The summed E-state index contributed by atoms with van der Waals surface area (Å²) in [6, 6.07) is 18.5. The van der Waals surface area contributed by atoms with E-state index in [9.17, 15) is 28.8 Å². The van der Waals surface area contributed by atoms with Crippen LogP contribution in [0.2, 0.25) is 10.0 Å². The molecule has 3 N–H and O–H groups in total. The SMILES string of the molecule is CCOC(=O)CCCNC(=O)[C@H]1CN(C(=O)OC(C)(C)C)CCN1.CCOC(=O)CCCNC(=O)[C@H]1CN(C(=O)OC(C)(C)C)CCN1C1c2ccc(Cl)cc2CCc2cccnc21.Clc1ccc2c(c1)CCc1cccnc1C2Cl. The van der Waals surface area contributed by atoms with Crippen LogP contribution in [0, 0.1) is 0 Å². The lowest BCUT2D eigenvalue weighted by Gasteiger charge is -2.44. The molecule has 2 unspecified atom stereocenters. The molecule has 4 amide bonds. The number of aromatic nitrogens is 2. The van der Waals surface area contributed by atoms with Gasteiger partial charge in [0.2, 0.25) is 11.8 Å². The van der Waals surface area contributed by atoms with Gasteiger partial charge in [-0.3, -0.25) is 34.0 Å². The molecular formula is C60H79Cl3N8O10. The smallest absolute Gasteiger partial charge is 0.410 e. The van der Waals surface area contributed by atoms with Crippen LogP contribution in [0.4, 0.5) is 9.59 Å². The maximum absolute atomic E-state index is 13.7. The Hall–Kier alpha value is -6.05. The fourth-order valence-electron chi connectivity index (χ4n) is 9.91. The molecule has 2 saturated heterocycles. The molecular weight excluding hydrogens is 1100 g/mol. The van der Waals surface area contributed by atoms with Crippen LogP contribution in [0.5, 0.6) is 0 Å². The summed E-state index contributed by atoms with van der Waals surface area (Å²) in [6.07, 6.45) is 7.78. The second-order valence-electron chi connectivity index (χ2n) is 22.1. The van der Waals surface area contributed by atoms with Crippen molar-refractivity contribution in [1.29, 1.82) is 0 Å². The van der Waals surface area contributed by atoms with Crippen molar-refractivity contribution in [1.82, 2.24) is 40.6 Å². The minimum absolute atomic E-state index is 0.166. The highest BCUT2D eigenvalue weighted by molar-refractivity contribution is 6.31. The fourth-order valence-corrected chi connectivity index (χ4v) is 10.7. The van der Waals surface area contributed by atoms with Gasteiger partial charge in [-0.2, -0.15) is 0 Å². The van der Waals surface area contributed by atoms with E-state index in [0.29, 0.717) is 70.3 Å². The van der Waals surface area contributed by atoms with E-state index in [2.05, 4.69) is 38.0 Å². The van der Waals surface area contributed by atoms with Crippen molar-refractivity contribution in [2.75, 3.05) is 65.6 Å². The summed E-state index contributed by atoms with van der Waals surface area (Å²) in [4.78, 5) is 88.5. The maximum atomic E-state index is 13.7. The molecule has 0 bridgehead atoms. The van der Waals surface area contributed by atoms with Crippen molar-refractivity contribution >= 4 is 70.7 Å². The van der Waals surface area contributed by atoms with Gasteiger partial charge in [-0.1, -0.05) is 47.5 Å². The van der Waals surface area contributed by atoms with Crippen molar-refractivity contribution in [3.8, 4) is 0 Å². The summed E-state index contributed by atoms with van der Waals surface area (Å²) in [5.74, 6) is -0.955. The number of piperazine rings is 2. The first-order valence-electron chi connectivity index (χ1n) is 28.0. The summed E-state index contributed by atoms with van der Waals surface area (Å²) in [7, 11) is 0. The van der Waals surface area contributed by atoms with Crippen LogP contribution >= 0.6 is 34.8 Å². The molecule has 0 radical (unpaired) electrons. The number of nitrogens with one attached hydrogen (secondary N) is 3. The molecule has 2 fully saturated rings. The van der Waals surface area contributed by atoms with Gasteiger partial charge in [0.25, 0.3) is 0 Å². The first kappa shape index (κ1) is 64.1. The highest BCUT2D eigenvalue weighted by Crippen LogP contribution is 2.40. The summed E-state index contributed by atoms with van der Waals surface area (Å²) in [5, 5.41) is 10.1. The second-order valence-corrected chi connectivity index (χ2v) is 23.4. The van der Waals surface area contributed by atoms with E-state index in [1.165, 1.54) is 16.0 Å². The van der Waals surface area contributed by atoms with E-state index in [4.69, 9.17) is 58.7 Å². The number of aryl methyl sites for hydroxylation is 4. The molecule has 4 aliphatic rings. The van der Waals surface area contributed by atoms with Gasteiger partial charge >= 0.3 is 24.1 Å². The van der Waals surface area contributed by atoms with Gasteiger partial charge in [-0.15, -0.1) is 11.6 Å². The van der Waals surface area contributed by atoms with Crippen LogP contribution in [0.15, 0.2) is 73.1 Å². The molecule has 81 heavy (non-hydrogen) atoms. The molecule has 440 valence electrons. The maximum Gasteiger partial charge on any atom is 0.410 e. The molecule has 4 heterocycles. The standard InChI is InChI=1S/C30H39ClN4O5.C16H29N3O5.C14H11Cl2N/c1-5-39-25(36)9-7-15-33-28(37)24-19-34(29(38)40-30(2,3)4)16-17-35(24)27-23-13-12-22(31)18-21(23)11-10-20-8-6-14-32-26(20)27;1-5-23-13(20)7-6-8-18-14(21)12-11-19(10-9-17-12)15(22)24-16(2,3)4;15-11-5-6-12-10(8-11)4-3-9-2-1-7-17-14(9)13(12)16/h6,8,12-14,18,24,27H,5,7,9-11,15-17,19H2,1-4H3,(H,33,37);12,17H,5-11H2,1-4H3,(H,18,21);1-2,5-8,13H,3-4H2/t24-,27?;12-;/m11./s1. The average Bonchev–Trinajstić information content (AvgIpc) is 4.01. The number of hydrogen-bond donors (Lipinski definition) is 3. The van der Waals surface area contributed by atoms with Crippen molar-refractivity contribution < 1.29 is 47.7 Å². The number of amides is 4. The Morgan fingerprint density at radius 3 is 1.68 bits per heavy atom. The van der Waals surface area contributed by atoms with Crippen LogP contribution in [0.1, 0.15) is 137 Å². The number of fused-ring (bicyclic) bond motifs is 4. The predicted octanol–water partition coefficient (Wildman–Crippen LogP) is 9.12. The molecule has 18 nitrogen and oxygen atoms in total. The van der Waals surface area contributed by atoms with Gasteiger partial charge in [0.05, 0.1) is 30.6 Å². The van der Waals surface area contributed by atoms with Crippen LogP contribution < -0.4 is 16.0 Å². The van der Waals surface area contributed by atoms with Crippen LogP contribution in [0.3, 0.4) is 0 Å². The zero-order valence-corrected chi connectivity index (χ0v) is 50.2. The highest BCUT2D eigenvalue weighted by Gasteiger charge is 2.42. The largest absolute Gasteiger partial charge is 0.466 e. The average molecular weight is 1180 g/mol. The van der Waals surface area contributed by atoms with Crippen molar-refractivity contribution in [2.24, 2.45) is 0 Å². The van der Waals surface area contributed by atoms with Crippen molar-refractivity contribution in [2.45, 2.75) is 141 Å². The number of alkyl halides is 1. The second kappa shape index (κ2) is 30.3. The third-order valence-corrected chi connectivity index (χ3v) is 14.5. The summed E-state index contributed by atoms with van der Waals surface area (Å²) >= 11 is 18.9. The van der Waals surface area contributed by atoms with E-state index in [-0.39, 0.29) is 61.1 Å². The Balaban J connectivity index is 0.000000217. The van der Waals surface area contributed by atoms with Crippen LogP contribution in [-0.4, -0.2) is 149 Å². The number of carbonyl (C=O) groups is 6. The number of hydrogen-bond acceptors (Lipinski definition) is 14. The number of esters is 2. The van der Waals surface area contributed by atoms with Gasteiger partial charge in [0.1, 0.15) is 28.7 Å². The lowest BCUT2D eigenvalue weighted by molar-refractivity contribution is -0.144. The van der Waals surface area contributed by atoms with Gasteiger partial charge in [0, 0.05) is 87.6 Å². The molecule has 4 aromatic rings. The fraction of sp³-hybridized carbons (Fsp3) is 0.533. The third kappa shape index (κ3) is 19.3. The molecule has 0 spiro atoms. The zero-order chi connectivity index (χ0) is 58.9. The van der Waals surface area contributed by atoms with E-state index in [1.54, 1.807) is 51.9 Å². The van der Waals surface area contributed by atoms with E-state index < -0.39 is 35.5 Å².